The molecule has 0 spiro atoms. The lowest BCUT2D eigenvalue weighted by Gasteiger charge is -2.26. The molecule has 1 aliphatic rings. The molecular weight excluding hydrogens is 450 g/mol. The fourth-order valence-electron chi connectivity index (χ4n) is 3.81. The zero-order valence-electron chi connectivity index (χ0n) is 17.3. The van der Waals surface area contributed by atoms with Crippen LogP contribution >= 0.6 is 15.8 Å². The van der Waals surface area contributed by atoms with E-state index in [4.69, 9.17) is 0 Å². The Labute approximate surface area is 188 Å². The summed E-state index contributed by atoms with van der Waals surface area (Å²) in [7, 11) is -2.74. The molecule has 4 rings (SSSR count). The summed E-state index contributed by atoms with van der Waals surface area (Å²) in [5, 5.41) is 1.89. The topological polar surface area (TPSA) is 0 Å². The fraction of sp³-hybridized carbons (Fsp3) is 0.154. The highest BCUT2D eigenvalue weighted by molar-refractivity contribution is 7.75. The van der Waals surface area contributed by atoms with Crippen LogP contribution in [0.1, 0.15) is 12.8 Å². The number of rotatable bonds is 7. The molecule has 0 bridgehead atoms. The molecule has 0 radical (unpaired) electrons. The monoisotopic (exact) mass is 472 g/mol. The molecule has 0 heterocycles. The zero-order valence-corrected chi connectivity index (χ0v) is 19.1. The van der Waals surface area contributed by atoms with Gasteiger partial charge < -0.3 is 0 Å². The van der Waals surface area contributed by atoms with E-state index in [0.29, 0.717) is 46.4 Å². The Balaban J connectivity index is 1.74. The molecule has 1 aliphatic carbocycles. The van der Waals surface area contributed by atoms with Crippen LogP contribution in [0.4, 0.5) is 17.6 Å². The van der Waals surface area contributed by atoms with Gasteiger partial charge in [0.2, 0.25) is 0 Å². The second kappa shape index (κ2) is 10.6. The van der Waals surface area contributed by atoms with Crippen molar-refractivity contribution >= 4 is 31.8 Å². The standard InChI is InChI=1S/C26H22F4P2/c27-19-9-1-5-13-23(19)31(24-14-6-2-10-20(24)28)17-18-32(25-15-7-3-11-21(25)29)26-16-8-4-12-22(26)30/h1-3,5-11,13-16H,4,12,17-18H2. The molecular formula is C26H22F4P2. The highest BCUT2D eigenvalue weighted by atomic mass is 31.1. The summed E-state index contributed by atoms with van der Waals surface area (Å²) in [6, 6.07) is 19.2. The van der Waals surface area contributed by atoms with Crippen LogP contribution in [0.3, 0.4) is 0 Å². The lowest BCUT2D eigenvalue weighted by atomic mass is 10.2. The molecule has 164 valence electrons. The number of hydrogen-bond acceptors (Lipinski definition) is 0. The number of benzene rings is 3. The normalized spacial score (nSPS) is 14.8. The van der Waals surface area contributed by atoms with E-state index >= 15 is 0 Å². The number of halogens is 4. The number of hydrogen-bond donors (Lipinski definition) is 0. The van der Waals surface area contributed by atoms with Crippen LogP contribution in [0.2, 0.25) is 0 Å². The van der Waals surface area contributed by atoms with Crippen molar-refractivity contribution in [3.8, 4) is 0 Å². The molecule has 1 unspecified atom stereocenters. The van der Waals surface area contributed by atoms with Gasteiger partial charge in [-0.2, -0.15) is 0 Å². The van der Waals surface area contributed by atoms with Crippen molar-refractivity contribution in [2.24, 2.45) is 0 Å². The van der Waals surface area contributed by atoms with Crippen LogP contribution in [0, 0.1) is 17.5 Å². The van der Waals surface area contributed by atoms with Gasteiger partial charge in [0, 0.05) is 27.6 Å². The van der Waals surface area contributed by atoms with E-state index < -0.39 is 15.8 Å². The lowest BCUT2D eigenvalue weighted by molar-refractivity contribution is 0.584. The highest BCUT2D eigenvalue weighted by Gasteiger charge is 2.27. The minimum Gasteiger partial charge on any atom is -0.211 e. The molecule has 32 heavy (non-hydrogen) atoms. The van der Waals surface area contributed by atoms with E-state index in [1.807, 2.05) is 6.08 Å². The van der Waals surface area contributed by atoms with Crippen LogP contribution in [-0.4, -0.2) is 12.3 Å². The molecule has 0 saturated heterocycles. The molecule has 0 amide bonds. The minimum absolute atomic E-state index is 0.219. The van der Waals surface area contributed by atoms with Gasteiger partial charge in [0.05, 0.1) is 0 Å². The Morgan fingerprint density at radius 1 is 0.594 bits per heavy atom. The second-order valence-corrected chi connectivity index (χ2v) is 11.9. The maximum absolute atomic E-state index is 14.8. The summed E-state index contributed by atoms with van der Waals surface area (Å²) in [6.45, 7) is 0. The van der Waals surface area contributed by atoms with E-state index in [1.54, 1.807) is 60.7 Å². The van der Waals surface area contributed by atoms with E-state index in [9.17, 15) is 17.6 Å². The summed E-state index contributed by atoms with van der Waals surface area (Å²) in [6.07, 6.45) is 5.43. The van der Waals surface area contributed by atoms with Crippen molar-refractivity contribution in [3.05, 3.63) is 114 Å². The zero-order chi connectivity index (χ0) is 22.5. The molecule has 6 heteroatoms. The molecule has 0 saturated carbocycles. The largest absolute Gasteiger partial charge is 0.211 e. The van der Waals surface area contributed by atoms with Crippen molar-refractivity contribution < 1.29 is 17.6 Å². The van der Waals surface area contributed by atoms with Crippen molar-refractivity contribution in [2.45, 2.75) is 12.8 Å². The third-order valence-electron chi connectivity index (χ3n) is 5.35. The van der Waals surface area contributed by atoms with Gasteiger partial charge in [-0.3, -0.25) is 0 Å². The Hall–Kier alpha value is -2.28. The first-order valence-electron chi connectivity index (χ1n) is 10.4. The Morgan fingerprint density at radius 2 is 1.03 bits per heavy atom. The van der Waals surface area contributed by atoms with Gasteiger partial charge in [0.1, 0.15) is 23.3 Å². The van der Waals surface area contributed by atoms with Gasteiger partial charge >= 0.3 is 0 Å². The predicted octanol–water partition coefficient (Wildman–Crippen LogP) is 6.88. The summed E-state index contributed by atoms with van der Waals surface area (Å²) in [5.41, 5.74) is 0. The Bertz CT molecular complexity index is 1110. The van der Waals surface area contributed by atoms with Crippen molar-refractivity contribution in [3.63, 3.8) is 0 Å². The Kier molecular flexibility index (Phi) is 7.55. The summed E-state index contributed by atoms with van der Waals surface area (Å²) in [4.78, 5) is 0. The lowest BCUT2D eigenvalue weighted by Crippen LogP contribution is -2.22. The smallest absolute Gasteiger partial charge is 0.131 e. The van der Waals surface area contributed by atoms with Gasteiger partial charge in [-0.25, -0.2) is 17.6 Å². The van der Waals surface area contributed by atoms with Gasteiger partial charge in [0.15, 0.2) is 0 Å². The third-order valence-corrected chi connectivity index (χ3v) is 10.9. The van der Waals surface area contributed by atoms with Crippen LogP contribution in [0.5, 0.6) is 0 Å². The first-order valence-corrected chi connectivity index (χ1v) is 13.5. The summed E-state index contributed by atoms with van der Waals surface area (Å²) in [5.74, 6) is -1.37. The predicted molar refractivity (Wildman–Crippen MR) is 128 cm³/mol. The Morgan fingerprint density at radius 3 is 1.50 bits per heavy atom. The maximum atomic E-state index is 14.8. The minimum atomic E-state index is -1.39. The average Bonchev–Trinajstić information content (AvgIpc) is 2.80. The maximum Gasteiger partial charge on any atom is 0.131 e. The second-order valence-electron chi connectivity index (χ2n) is 7.39. The van der Waals surface area contributed by atoms with Crippen molar-refractivity contribution in [1.29, 1.82) is 0 Å². The summed E-state index contributed by atoms with van der Waals surface area (Å²) < 4.78 is 59.1. The van der Waals surface area contributed by atoms with E-state index in [0.717, 1.165) is 0 Å². The van der Waals surface area contributed by atoms with E-state index in [2.05, 4.69) is 0 Å². The third kappa shape index (κ3) is 5.03. The van der Waals surface area contributed by atoms with Gasteiger partial charge in [-0.05, 0) is 52.8 Å². The summed E-state index contributed by atoms with van der Waals surface area (Å²) >= 11 is 0. The van der Waals surface area contributed by atoms with Crippen LogP contribution in [0.25, 0.3) is 0 Å². The molecule has 0 nitrogen and oxygen atoms in total. The molecule has 0 N–H and O–H groups in total. The van der Waals surface area contributed by atoms with Gasteiger partial charge in [0.25, 0.3) is 0 Å². The quantitative estimate of drug-likeness (QED) is 0.260. The average molecular weight is 472 g/mol. The SMILES string of the molecule is FC1=C(P(CCP(c2ccccc2F)c2ccccc2F)c2ccccc2F)C=CCC1. The molecule has 0 aromatic heterocycles. The number of allylic oxidation sites excluding steroid dienone is 4. The first kappa shape index (κ1) is 22.9. The van der Waals surface area contributed by atoms with Crippen LogP contribution < -0.4 is 15.9 Å². The molecule has 0 aliphatic heterocycles. The van der Waals surface area contributed by atoms with Gasteiger partial charge in [-0.1, -0.05) is 66.7 Å². The molecule has 1 atom stereocenters. The van der Waals surface area contributed by atoms with Gasteiger partial charge in [-0.15, -0.1) is 0 Å². The van der Waals surface area contributed by atoms with Crippen molar-refractivity contribution in [2.75, 3.05) is 12.3 Å². The van der Waals surface area contributed by atoms with E-state index in [-0.39, 0.29) is 23.3 Å². The van der Waals surface area contributed by atoms with Crippen molar-refractivity contribution in [1.82, 2.24) is 0 Å². The first-order chi connectivity index (χ1) is 15.6. The molecule has 3 aromatic carbocycles. The highest BCUT2D eigenvalue weighted by Crippen LogP contribution is 2.51. The van der Waals surface area contributed by atoms with E-state index in [1.165, 1.54) is 18.2 Å². The molecule has 0 fully saturated rings. The van der Waals surface area contributed by atoms with Crippen LogP contribution in [-0.2, 0) is 0 Å². The van der Waals surface area contributed by atoms with Crippen LogP contribution in [0.15, 0.2) is 96.1 Å². The fourth-order valence-corrected chi connectivity index (χ4v) is 9.38. The molecule has 3 aromatic rings.